The molecule has 0 radical (unpaired) electrons. The molecule has 1 aliphatic rings. The minimum Gasteiger partial charge on any atom is -0.486 e. The van der Waals surface area contributed by atoms with E-state index in [0.717, 1.165) is 27.4 Å². The summed E-state index contributed by atoms with van der Waals surface area (Å²) in [4.78, 5) is 4.35. The number of nitrogens with zero attached hydrogens (tertiary/aromatic N) is 2. The lowest BCUT2D eigenvalue weighted by atomic mass is 10.1. The van der Waals surface area contributed by atoms with Gasteiger partial charge in [-0.1, -0.05) is 0 Å². The quantitative estimate of drug-likeness (QED) is 0.811. The Morgan fingerprint density at radius 1 is 1.24 bits per heavy atom. The number of ether oxygens (including phenoxy) is 2. The molecule has 0 bridgehead atoms. The summed E-state index contributed by atoms with van der Waals surface area (Å²) in [6, 6.07) is 5.87. The van der Waals surface area contributed by atoms with Crippen LogP contribution in [0.25, 0.3) is 11.3 Å². The first-order valence-electron chi connectivity index (χ1n) is 5.32. The van der Waals surface area contributed by atoms with Gasteiger partial charge in [0.2, 0.25) is 0 Å². The standard InChI is InChI=1S/C12H11BrN2O2/c1-15-7-14-11(12(15)13)8-2-3-9-10(6-8)17-5-4-16-9/h2-3,6-7H,4-5H2,1H3. The highest BCUT2D eigenvalue weighted by Crippen LogP contribution is 2.35. The van der Waals surface area contributed by atoms with Crippen molar-refractivity contribution in [3.63, 3.8) is 0 Å². The highest BCUT2D eigenvalue weighted by molar-refractivity contribution is 9.10. The lowest BCUT2D eigenvalue weighted by molar-refractivity contribution is 0.171. The third kappa shape index (κ3) is 1.80. The van der Waals surface area contributed by atoms with E-state index in [2.05, 4.69) is 20.9 Å². The molecule has 2 heterocycles. The molecule has 0 spiro atoms. The van der Waals surface area contributed by atoms with E-state index in [1.54, 1.807) is 6.33 Å². The molecule has 0 aliphatic carbocycles. The van der Waals surface area contributed by atoms with Crippen LogP contribution in [0, 0.1) is 0 Å². The molecule has 0 saturated heterocycles. The SMILES string of the molecule is Cn1cnc(-c2ccc3c(c2)OCCO3)c1Br. The number of fused-ring (bicyclic) bond motifs is 1. The molecule has 1 aromatic carbocycles. The Morgan fingerprint density at radius 2 is 2.00 bits per heavy atom. The van der Waals surface area contributed by atoms with Gasteiger partial charge in [-0.3, -0.25) is 0 Å². The Kier molecular flexibility index (Phi) is 2.55. The summed E-state index contributed by atoms with van der Waals surface area (Å²) in [5, 5.41) is 0. The van der Waals surface area contributed by atoms with Crippen molar-refractivity contribution in [3.8, 4) is 22.8 Å². The molecule has 0 unspecified atom stereocenters. The zero-order valence-corrected chi connectivity index (χ0v) is 10.9. The van der Waals surface area contributed by atoms with Crippen LogP contribution in [0.3, 0.4) is 0 Å². The molecule has 5 heteroatoms. The van der Waals surface area contributed by atoms with Gasteiger partial charge in [0.1, 0.15) is 23.5 Å². The van der Waals surface area contributed by atoms with Crippen molar-refractivity contribution in [2.75, 3.05) is 13.2 Å². The molecule has 0 N–H and O–H groups in total. The monoisotopic (exact) mass is 294 g/mol. The highest BCUT2D eigenvalue weighted by Gasteiger charge is 2.15. The molecule has 3 rings (SSSR count). The number of halogens is 1. The van der Waals surface area contributed by atoms with Crippen LogP contribution in [0.4, 0.5) is 0 Å². The molecule has 0 saturated carbocycles. The average molecular weight is 295 g/mol. The molecule has 88 valence electrons. The second-order valence-electron chi connectivity index (χ2n) is 3.85. The number of rotatable bonds is 1. The second-order valence-corrected chi connectivity index (χ2v) is 4.60. The first kappa shape index (κ1) is 10.7. The average Bonchev–Trinajstić information content (AvgIpc) is 2.70. The number of hydrogen-bond donors (Lipinski definition) is 0. The van der Waals surface area contributed by atoms with Gasteiger partial charge in [-0.15, -0.1) is 0 Å². The minimum atomic E-state index is 0.597. The number of hydrogen-bond acceptors (Lipinski definition) is 3. The van der Waals surface area contributed by atoms with E-state index in [0.29, 0.717) is 13.2 Å². The summed E-state index contributed by atoms with van der Waals surface area (Å²) in [5.41, 5.74) is 1.92. The summed E-state index contributed by atoms with van der Waals surface area (Å²) >= 11 is 3.51. The molecule has 17 heavy (non-hydrogen) atoms. The van der Waals surface area contributed by atoms with Crippen molar-refractivity contribution < 1.29 is 9.47 Å². The molecular formula is C12H11BrN2O2. The van der Waals surface area contributed by atoms with Crippen LogP contribution in [0.15, 0.2) is 29.1 Å². The zero-order valence-electron chi connectivity index (χ0n) is 9.31. The summed E-state index contributed by atoms with van der Waals surface area (Å²) in [6.45, 7) is 1.21. The molecule has 4 nitrogen and oxygen atoms in total. The van der Waals surface area contributed by atoms with E-state index in [9.17, 15) is 0 Å². The van der Waals surface area contributed by atoms with Crippen molar-refractivity contribution in [1.29, 1.82) is 0 Å². The predicted molar refractivity (Wildman–Crippen MR) is 67.3 cm³/mol. The van der Waals surface area contributed by atoms with Gasteiger partial charge in [0.05, 0.1) is 6.33 Å². The van der Waals surface area contributed by atoms with Crippen LogP contribution in [0.5, 0.6) is 11.5 Å². The normalized spacial score (nSPS) is 13.8. The van der Waals surface area contributed by atoms with Crippen LogP contribution in [-0.2, 0) is 7.05 Å². The van der Waals surface area contributed by atoms with E-state index in [4.69, 9.17) is 9.47 Å². The minimum absolute atomic E-state index is 0.597. The Hall–Kier alpha value is -1.49. The van der Waals surface area contributed by atoms with Gasteiger partial charge in [-0.05, 0) is 34.1 Å². The smallest absolute Gasteiger partial charge is 0.162 e. The first-order chi connectivity index (χ1) is 8.25. The van der Waals surface area contributed by atoms with E-state index in [1.165, 1.54) is 0 Å². The number of aryl methyl sites for hydroxylation is 1. The number of aromatic nitrogens is 2. The Labute approximate surface area is 107 Å². The first-order valence-corrected chi connectivity index (χ1v) is 6.12. The molecule has 1 aliphatic heterocycles. The van der Waals surface area contributed by atoms with Crippen LogP contribution >= 0.6 is 15.9 Å². The lowest BCUT2D eigenvalue weighted by Gasteiger charge is -2.18. The fourth-order valence-corrected chi connectivity index (χ4v) is 2.22. The van der Waals surface area contributed by atoms with Gasteiger partial charge in [-0.2, -0.15) is 0 Å². The van der Waals surface area contributed by atoms with E-state index < -0.39 is 0 Å². The maximum atomic E-state index is 5.56. The Bertz CT molecular complexity index is 566. The summed E-state index contributed by atoms with van der Waals surface area (Å²) in [5.74, 6) is 1.58. The van der Waals surface area contributed by atoms with Crippen LogP contribution in [-0.4, -0.2) is 22.8 Å². The molecule has 0 atom stereocenters. The van der Waals surface area contributed by atoms with Crippen molar-refractivity contribution in [3.05, 3.63) is 29.1 Å². The third-order valence-electron chi connectivity index (χ3n) is 2.68. The van der Waals surface area contributed by atoms with E-state index in [-0.39, 0.29) is 0 Å². The predicted octanol–water partition coefficient (Wildman–Crippen LogP) is 2.62. The van der Waals surface area contributed by atoms with Gasteiger partial charge in [-0.25, -0.2) is 4.98 Å². The second kappa shape index (κ2) is 4.07. The Morgan fingerprint density at radius 3 is 2.71 bits per heavy atom. The number of imidazole rings is 1. The van der Waals surface area contributed by atoms with Crippen LogP contribution < -0.4 is 9.47 Å². The fourth-order valence-electron chi connectivity index (χ4n) is 1.80. The molecule has 1 aromatic heterocycles. The Balaban J connectivity index is 2.07. The van der Waals surface area contributed by atoms with Gasteiger partial charge in [0.25, 0.3) is 0 Å². The summed E-state index contributed by atoms with van der Waals surface area (Å²) in [7, 11) is 1.94. The van der Waals surface area contributed by atoms with Crippen molar-refractivity contribution in [2.24, 2.45) is 7.05 Å². The maximum absolute atomic E-state index is 5.56. The largest absolute Gasteiger partial charge is 0.486 e. The van der Waals surface area contributed by atoms with Gasteiger partial charge < -0.3 is 14.0 Å². The number of benzene rings is 1. The summed E-state index contributed by atoms with van der Waals surface area (Å²) in [6.07, 6.45) is 1.77. The lowest BCUT2D eigenvalue weighted by Crippen LogP contribution is -2.15. The highest BCUT2D eigenvalue weighted by atomic mass is 79.9. The van der Waals surface area contributed by atoms with E-state index >= 15 is 0 Å². The van der Waals surface area contributed by atoms with Gasteiger partial charge >= 0.3 is 0 Å². The van der Waals surface area contributed by atoms with Gasteiger partial charge in [0, 0.05) is 12.6 Å². The molecular weight excluding hydrogens is 284 g/mol. The fraction of sp³-hybridized carbons (Fsp3) is 0.250. The van der Waals surface area contributed by atoms with Gasteiger partial charge in [0.15, 0.2) is 11.5 Å². The van der Waals surface area contributed by atoms with Crippen molar-refractivity contribution >= 4 is 15.9 Å². The topological polar surface area (TPSA) is 36.3 Å². The maximum Gasteiger partial charge on any atom is 0.162 e. The van der Waals surface area contributed by atoms with Crippen LogP contribution in [0.2, 0.25) is 0 Å². The molecule has 0 fully saturated rings. The van der Waals surface area contributed by atoms with Crippen molar-refractivity contribution in [2.45, 2.75) is 0 Å². The van der Waals surface area contributed by atoms with Crippen molar-refractivity contribution in [1.82, 2.24) is 9.55 Å². The van der Waals surface area contributed by atoms with E-state index in [1.807, 2.05) is 29.8 Å². The third-order valence-corrected chi connectivity index (χ3v) is 3.62. The zero-order chi connectivity index (χ0) is 11.8. The van der Waals surface area contributed by atoms with Crippen LogP contribution in [0.1, 0.15) is 0 Å². The summed E-state index contributed by atoms with van der Waals surface area (Å²) < 4.78 is 13.9. The molecule has 0 amide bonds. The molecule has 2 aromatic rings.